The molecule has 0 aliphatic carbocycles. The van der Waals surface area contributed by atoms with Gasteiger partial charge in [0.25, 0.3) is 5.91 Å². The third kappa shape index (κ3) is 3.98. The number of halogens is 1. The standard InChI is InChI=1S/C21H17ClN6O/c1-14(24-21(29)19-13-27-8-3-2-4-20(27)25-19)12-28-9-7-18(26-28)15-5-6-16(11-23)17(22)10-15/h2-10,13-14H,12H2,1H3,(H,24,29)/t14-/m0/s1. The van der Waals surface area contributed by atoms with E-state index in [9.17, 15) is 4.79 Å². The number of rotatable bonds is 5. The Morgan fingerprint density at radius 2 is 2.14 bits per heavy atom. The van der Waals surface area contributed by atoms with E-state index in [0.717, 1.165) is 16.9 Å². The number of imidazole rings is 1. The number of hydrogen-bond donors (Lipinski definition) is 1. The molecule has 1 N–H and O–H groups in total. The van der Waals surface area contributed by atoms with Crippen molar-refractivity contribution in [1.29, 1.82) is 5.26 Å². The molecular weight excluding hydrogens is 388 g/mol. The van der Waals surface area contributed by atoms with Gasteiger partial charge < -0.3 is 9.72 Å². The fraction of sp³-hybridized carbons (Fsp3) is 0.143. The number of amides is 1. The van der Waals surface area contributed by atoms with Gasteiger partial charge in [-0.3, -0.25) is 9.48 Å². The second-order valence-electron chi connectivity index (χ2n) is 6.70. The molecule has 0 saturated carbocycles. The summed E-state index contributed by atoms with van der Waals surface area (Å²) in [6.45, 7) is 2.41. The average molecular weight is 405 g/mol. The number of fused-ring (bicyclic) bond motifs is 1. The summed E-state index contributed by atoms with van der Waals surface area (Å²) in [6.07, 6.45) is 5.40. The molecule has 3 heterocycles. The zero-order valence-electron chi connectivity index (χ0n) is 15.6. The molecule has 0 aliphatic heterocycles. The Morgan fingerprint density at radius 1 is 1.28 bits per heavy atom. The van der Waals surface area contributed by atoms with E-state index in [1.54, 1.807) is 23.0 Å². The second-order valence-corrected chi connectivity index (χ2v) is 7.10. The van der Waals surface area contributed by atoms with E-state index in [0.29, 0.717) is 22.8 Å². The molecule has 0 radical (unpaired) electrons. The lowest BCUT2D eigenvalue weighted by Gasteiger charge is -2.13. The molecule has 8 heteroatoms. The summed E-state index contributed by atoms with van der Waals surface area (Å²) < 4.78 is 3.57. The van der Waals surface area contributed by atoms with Crippen LogP contribution in [0.1, 0.15) is 23.0 Å². The highest BCUT2D eigenvalue weighted by molar-refractivity contribution is 6.32. The maximum Gasteiger partial charge on any atom is 0.271 e. The Bertz CT molecular complexity index is 1200. The predicted octanol–water partition coefficient (Wildman–Crippen LogP) is 3.54. The van der Waals surface area contributed by atoms with Crippen molar-refractivity contribution in [1.82, 2.24) is 24.5 Å². The minimum atomic E-state index is -0.229. The number of aromatic nitrogens is 4. The number of benzene rings is 1. The summed E-state index contributed by atoms with van der Waals surface area (Å²) in [6, 6.07) is 14.6. The summed E-state index contributed by atoms with van der Waals surface area (Å²) in [7, 11) is 0. The first-order chi connectivity index (χ1) is 14.0. The summed E-state index contributed by atoms with van der Waals surface area (Å²) in [5, 5.41) is 16.9. The number of nitrogens with one attached hydrogen (secondary N) is 1. The van der Waals surface area contributed by atoms with Crippen LogP contribution >= 0.6 is 11.6 Å². The Kier molecular flexibility index (Phi) is 5.02. The second kappa shape index (κ2) is 7.78. The van der Waals surface area contributed by atoms with Crippen LogP contribution in [0.4, 0.5) is 0 Å². The van der Waals surface area contributed by atoms with Gasteiger partial charge in [-0.05, 0) is 37.3 Å². The molecule has 1 amide bonds. The number of nitrogens with zero attached hydrogens (tertiary/aromatic N) is 5. The monoisotopic (exact) mass is 404 g/mol. The van der Waals surface area contributed by atoms with Crippen LogP contribution in [0, 0.1) is 11.3 Å². The predicted molar refractivity (Wildman–Crippen MR) is 110 cm³/mol. The molecule has 1 aromatic carbocycles. The normalized spacial score (nSPS) is 11.9. The van der Waals surface area contributed by atoms with Crippen molar-refractivity contribution in [2.45, 2.75) is 19.5 Å². The maximum absolute atomic E-state index is 12.5. The highest BCUT2D eigenvalue weighted by atomic mass is 35.5. The molecular formula is C21H17ClN6O. The molecule has 3 aromatic heterocycles. The molecule has 0 aliphatic rings. The summed E-state index contributed by atoms with van der Waals surface area (Å²) in [4.78, 5) is 16.8. The third-order valence-electron chi connectivity index (χ3n) is 4.46. The van der Waals surface area contributed by atoms with E-state index < -0.39 is 0 Å². The van der Waals surface area contributed by atoms with Crippen molar-refractivity contribution in [2.24, 2.45) is 0 Å². The highest BCUT2D eigenvalue weighted by Gasteiger charge is 2.14. The van der Waals surface area contributed by atoms with Gasteiger partial charge in [0.1, 0.15) is 17.4 Å². The van der Waals surface area contributed by atoms with Crippen molar-refractivity contribution in [3.8, 4) is 17.3 Å². The number of pyridine rings is 1. The van der Waals surface area contributed by atoms with Gasteiger partial charge >= 0.3 is 0 Å². The fourth-order valence-electron chi connectivity index (χ4n) is 3.05. The topological polar surface area (TPSA) is 88.0 Å². The first kappa shape index (κ1) is 18.7. The molecule has 4 rings (SSSR count). The van der Waals surface area contributed by atoms with Crippen molar-refractivity contribution < 1.29 is 4.79 Å². The highest BCUT2D eigenvalue weighted by Crippen LogP contribution is 2.24. The van der Waals surface area contributed by atoms with Crippen LogP contribution in [0.5, 0.6) is 0 Å². The van der Waals surface area contributed by atoms with E-state index in [4.69, 9.17) is 16.9 Å². The molecule has 0 fully saturated rings. The van der Waals surface area contributed by atoms with Crippen LogP contribution in [0.2, 0.25) is 5.02 Å². The van der Waals surface area contributed by atoms with Gasteiger partial charge in [0.15, 0.2) is 0 Å². The van der Waals surface area contributed by atoms with Crippen LogP contribution in [0.3, 0.4) is 0 Å². The molecule has 0 spiro atoms. The first-order valence-corrected chi connectivity index (χ1v) is 9.39. The summed E-state index contributed by atoms with van der Waals surface area (Å²) in [5.41, 5.74) is 3.10. The van der Waals surface area contributed by atoms with E-state index in [1.807, 2.05) is 60.1 Å². The van der Waals surface area contributed by atoms with E-state index in [-0.39, 0.29) is 11.9 Å². The molecule has 0 unspecified atom stereocenters. The van der Waals surface area contributed by atoms with Crippen LogP contribution in [0.25, 0.3) is 16.9 Å². The number of nitriles is 1. The molecule has 7 nitrogen and oxygen atoms in total. The molecule has 0 saturated heterocycles. The SMILES string of the molecule is C[C@@H](Cn1ccc(-c2ccc(C#N)c(Cl)c2)n1)NC(=O)c1cn2ccccc2n1. The van der Waals surface area contributed by atoms with Crippen molar-refractivity contribution in [3.63, 3.8) is 0 Å². The minimum Gasteiger partial charge on any atom is -0.346 e. The van der Waals surface area contributed by atoms with Gasteiger partial charge in [0.2, 0.25) is 0 Å². The largest absolute Gasteiger partial charge is 0.346 e. The zero-order chi connectivity index (χ0) is 20.4. The van der Waals surface area contributed by atoms with Crippen LogP contribution in [-0.4, -0.2) is 31.1 Å². The van der Waals surface area contributed by atoms with Gasteiger partial charge in [-0.25, -0.2) is 4.98 Å². The van der Waals surface area contributed by atoms with Crippen LogP contribution in [-0.2, 0) is 6.54 Å². The minimum absolute atomic E-state index is 0.149. The zero-order valence-corrected chi connectivity index (χ0v) is 16.3. The fourth-order valence-corrected chi connectivity index (χ4v) is 3.27. The smallest absolute Gasteiger partial charge is 0.271 e. The Hall–Kier alpha value is -3.63. The molecule has 144 valence electrons. The Balaban J connectivity index is 1.42. The van der Waals surface area contributed by atoms with Crippen LogP contribution in [0.15, 0.2) is 61.1 Å². The summed E-state index contributed by atoms with van der Waals surface area (Å²) in [5.74, 6) is -0.229. The van der Waals surface area contributed by atoms with Crippen molar-refractivity contribution in [2.75, 3.05) is 0 Å². The average Bonchev–Trinajstić information content (AvgIpc) is 3.34. The summed E-state index contributed by atoms with van der Waals surface area (Å²) >= 11 is 6.10. The van der Waals surface area contributed by atoms with Crippen molar-refractivity contribution in [3.05, 3.63) is 77.3 Å². The quantitative estimate of drug-likeness (QED) is 0.551. The lowest BCUT2D eigenvalue weighted by atomic mass is 10.1. The number of hydrogen-bond acceptors (Lipinski definition) is 4. The first-order valence-electron chi connectivity index (χ1n) is 9.01. The lowest BCUT2D eigenvalue weighted by molar-refractivity contribution is 0.0931. The van der Waals surface area contributed by atoms with Gasteiger partial charge in [-0.15, -0.1) is 0 Å². The van der Waals surface area contributed by atoms with Gasteiger partial charge in [-0.1, -0.05) is 23.7 Å². The Morgan fingerprint density at radius 3 is 2.90 bits per heavy atom. The molecule has 1 atom stereocenters. The van der Waals surface area contributed by atoms with E-state index >= 15 is 0 Å². The molecule has 29 heavy (non-hydrogen) atoms. The number of carbonyl (C=O) groups excluding carboxylic acids is 1. The van der Waals surface area contributed by atoms with E-state index in [1.165, 1.54) is 0 Å². The molecule has 4 aromatic rings. The van der Waals surface area contributed by atoms with Gasteiger partial charge in [0, 0.05) is 30.2 Å². The van der Waals surface area contributed by atoms with Crippen LogP contribution < -0.4 is 5.32 Å². The Labute approximate surface area is 172 Å². The molecule has 0 bridgehead atoms. The van der Waals surface area contributed by atoms with Crippen molar-refractivity contribution >= 4 is 23.2 Å². The van der Waals surface area contributed by atoms with E-state index in [2.05, 4.69) is 15.4 Å². The number of carbonyl (C=O) groups is 1. The third-order valence-corrected chi connectivity index (χ3v) is 4.77. The maximum atomic E-state index is 12.5. The lowest BCUT2D eigenvalue weighted by Crippen LogP contribution is -2.36. The van der Waals surface area contributed by atoms with Gasteiger partial charge in [0.05, 0.1) is 22.8 Å². The van der Waals surface area contributed by atoms with Gasteiger partial charge in [-0.2, -0.15) is 10.4 Å².